The Hall–Kier alpha value is -0.730. The highest BCUT2D eigenvalue weighted by molar-refractivity contribution is 5.20. The number of hydrogen-bond donors (Lipinski definition) is 0. The molecule has 2 atom stereocenters. The van der Waals surface area contributed by atoms with Crippen LogP contribution >= 0.6 is 0 Å². The van der Waals surface area contributed by atoms with Crippen molar-refractivity contribution in [3.05, 3.63) is 24.1 Å². The Morgan fingerprint density at radius 2 is 2.20 bits per heavy atom. The first-order valence-corrected chi connectivity index (χ1v) is 2.99. The number of allylic oxidation sites excluding steroid dienone is 4. The van der Waals surface area contributed by atoms with Crippen molar-refractivity contribution >= 4 is 0 Å². The van der Waals surface area contributed by atoms with Crippen LogP contribution in [0.1, 0.15) is 0 Å². The van der Waals surface area contributed by atoms with E-state index in [0.717, 1.165) is 18.2 Å². The van der Waals surface area contributed by atoms with E-state index in [4.69, 9.17) is 0 Å². The molecular formula is C7H7F3. The van der Waals surface area contributed by atoms with Crippen LogP contribution in [0, 0.1) is 5.92 Å². The highest BCUT2D eigenvalue weighted by atomic mass is 19.1. The summed E-state index contributed by atoms with van der Waals surface area (Å²) in [6, 6.07) is 0. The second-order valence-corrected chi connectivity index (χ2v) is 2.17. The van der Waals surface area contributed by atoms with Crippen LogP contribution in [0.5, 0.6) is 0 Å². The fourth-order valence-electron chi connectivity index (χ4n) is 0.808. The van der Waals surface area contributed by atoms with E-state index in [2.05, 4.69) is 0 Å². The zero-order valence-corrected chi connectivity index (χ0v) is 5.23. The van der Waals surface area contributed by atoms with Crippen molar-refractivity contribution < 1.29 is 13.2 Å². The summed E-state index contributed by atoms with van der Waals surface area (Å²) in [5.74, 6) is -1.48. The monoisotopic (exact) mass is 148 g/mol. The van der Waals surface area contributed by atoms with Crippen LogP contribution in [0.4, 0.5) is 13.2 Å². The number of rotatable bonds is 1. The van der Waals surface area contributed by atoms with Gasteiger partial charge in [-0.05, 0) is 18.2 Å². The van der Waals surface area contributed by atoms with Crippen molar-refractivity contribution in [1.29, 1.82) is 0 Å². The van der Waals surface area contributed by atoms with Gasteiger partial charge in [0, 0.05) is 5.92 Å². The lowest BCUT2D eigenvalue weighted by atomic mass is 10.0. The number of halogens is 3. The molecule has 0 saturated heterocycles. The lowest BCUT2D eigenvalue weighted by molar-refractivity contribution is 0.265. The predicted octanol–water partition coefficient (Wildman–Crippen LogP) is 2.33. The molecule has 0 fully saturated rings. The highest BCUT2D eigenvalue weighted by Crippen LogP contribution is 2.20. The third-order valence-electron chi connectivity index (χ3n) is 1.40. The molecule has 56 valence electrons. The maximum atomic E-state index is 12.5. The molecule has 0 nitrogen and oxygen atoms in total. The van der Waals surface area contributed by atoms with E-state index < -0.39 is 24.6 Å². The Morgan fingerprint density at radius 1 is 1.50 bits per heavy atom. The maximum absolute atomic E-state index is 12.5. The molecule has 0 amide bonds. The summed E-state index contributed by atoms with van der Waals surface area (Å²) in [7, 11) is 0. The minimum absolute atomic E-state index is 0.559. The minimum Gasteiger partial charge on any atom is -0.250 e. The molecule has 1 rings (SSSR count). The van der Waals surface area contributed by atoms with E-state index in [9.17, 15) is 13.2 Å². The molecule has 10 heavy (non-hydrogen) atoms. The second kappa shape index (κ2) is 2.90. The van der Waals surface area contributed by atoms with Gasteiger partial charge in [-0.15, -0.1) is 0 Å². The average molecular weight is 148 g/mol. The van der Waals surface area contributed by atoms with Gasteiger partial charge in [-0.1, -0.05) is 0 Å². The Kier molecular flexibility index (Phi) is 2.14. The van der Waals surface area contributed by atoms with Gasteiger partial charge < -0.3 is 0 Å². The molecule has 0 saturated carbocycles. The predicted molar refractivity (Wildman–Crippen MR) is 32.7 cm³/mol. The summed E-state index contributed by atoms with van der Waals surface area (Å²) >= 11 is 0. The van der Waals surface area contributed by atoms with Crippen LogP contribution in [0.15, 0.2) is 24.1 Å². The van der Waals surface area contributed by atoms with E-state index in [1.807, 2.05) is 0 Å². The van der Waals surface area contributed by atoms with Crippen LogP contribution in [0.25, 0.3) is 0 Å². The number of hydrogen-bond acceptors (Lipinski definition) is 0. The van der Waals surface area contributed by atoms with E-state index in [1.54, 1.807) is 0 Å². The Balaban J connectivity index is 2.67. The molecule has 0 aromatic heterocycles. The quantitative estimate of drug-likeness (QED) is 0.535. The second-order valence-electron chi connectivity index (χ2n) is 2.17. The van der Waals surface area contributed by atoms with Crippen molar-refractivity contribution in [2.75, 3.05) is 6.67 Å². The first kappa shape index (κ1) is 7.38. The molecule has 0 spiro atoms. The van der Waals surface area contributed by atoms with Crippen LogP contribution in [-0.4, -0.2) is 12.8 Å². The summed E-state index contributed by atoms with van der Waals surface area (Å²) in [6.45, 7) is -0.848. The smallest absolute Gasteiger partial charge is 0.127 e. The topological polar surface area (TPSA) is 0 Å². The van der Waals surface area contributed by atoms with Crippen LogP contribution < -0.4 is 0 Å². The molecule has 0 aliphatic heterocycles. The summed E-state index contributed by atoms with van der Waals surface area (Å²) in [4.78, 5) is 0. The molecule has 0 heterocycles. The van der Waals surface area contributed by atoms with E-state index >= 15 is 0 Å². The maximum Gasteiger partial charge on any atom is 0.127 e. The Bertz CT molecular complexity index is 172. The molecule has 0 radical (unpaired) electrons. The third-order valence-corrected chi connectivity index (χ3v) is 1.40. The molecule has 1 aliphatic rings. The highest BCUT2D eigenvalue weighted by Gasteiger charge is 2.19. The van der Waals surface area contributed by atoms with Crippen molar-refractivity contribution in [1.82, 2.24) is 0 Å². The molecule has 0 aromatic rings. The SMILES string of the molecule is FCC1C=C(F)C=CC1F. The zero-order valence-electron chi connectivity index (χ0n) is 5.23. The van der Waals surface area contributed by atoms with Crippen LogP contribution in [-0.2, 0) is 0 Å². The molecule has 2 unspecified atom stereocenters. The molecule has 3 heteroatoms. The normalized spacial score (nSPS) is 32.1. The van der Waals surface area contributed by atoms with Gasteiger partial charge in [0.1, 0.15) is 12.0 Å². The summed E-state index contributed by atoms with van der Waals surface area (Å²) < 4.78 is 36.5. The first-order valence-electron chi connectivity index (χ1n) is 2.99. The van der Waals surface area contributed by atoms with Crippen molar-refractivity contribution in [3.63, 3.8) is 0 Å². The van der Waals surface area contributed by atoms with Gasteiger partial charge in [-0.2, -0.15) is 0 Å². The molecule has 1 aliphatic carbocycles. The van der Waals surface area contributed by atoms with E-state index in [1.165, 1.54) is 0 Å². The Morgan fingerprint density at radius 3 is 2.70 bits per heavy atom. The lowest BCUT2D eigenvalue weighted by Gasteiger charge is -2.13. The van der Waals surface area contributed by atoms with E-state index in [-0.39, 0.29) is 0 Å². The summed E-state index contributed by atoms with van der Waals surface area (Å²) in [5, 5.41) is 0. The van der Waals surface area contributed by atoms with Gasteiger partial charge in [0.15, 0.2) is 0 Å². The fraction of sp³-hybridized carbons (Fsp3) is 0.429. The summed E-state index contributed by atoms with van der Waals surface area (Å²) in [6.07, 6.45) is 1.63. The molecular weight excluding hydrogens is 141 g/mol. The standard InChI is InChI=1S/C7H7F3/c8-4-5-3-6(9)1-2-7(5)10/h1-3,5,7H,4H2. The van der Waals surface area contributed by atoms with Crippen LogP contribution in [0.3, 0.4) is 0 Å². The average Bonchev–Trinajstić information content (AvgIpc) is 1.94. The third kappa shape index (κ3) is 1.40. The van der Waals surface area contributed by atoms with E-state index in [0.29, 0.717) is 0 Å². The van der Waals surface area contributed by atoms with Gasteiger partial charge in [0.25, 0.3) is 0 Å². The summed E-state index contributed by atoms with van der Waals surface area (Å²) in [5.41, 5.74) is 0. The van der Waals surface area contributed by atoms with Gasteiger partial charge in [0.05, 0.1) is 6.67 Å². The van der Waals surface area contributed by atoms with Gasteiger partial charge in [-0.3, -0.25) is 4.39 Å². The largest absolute Gasteiger partial charge is 0.250 e. The minimum atomic E-state index is -1.37. The van der Waals surface area contributed by atoms with Crippen LogP contribution in [0.2, 0.25) is 0 Å². The first-order chi connectivity index (χ1) is 4.74. The van der Waals surface area contributed by atoms with Gasteiger partial charge >= 0.3 is 0 Å². The fourth-order valence-corrected chi connectivity index (χ4v) is 0.808. The van der Waals surface area contributed by atoms with Gasteiger partial charge in [-0.25, -0.2) is 8.78 Å². The van der Waals surface area contributed by atoms with Crippen molar-refractivity contribution in [3.8, 4) is 0 Å². The Labute approximate surface area is 57.0 Å². The molecule has 0 bridgehead atoms. The van der Waals surface area contributed by atoms with Crippen molar-refractivity contribution in [2.45, 2.75) is 6.17 Å². The molecule has 0 aromatic carbocycles. The van der Waals surface area contributed by atoms with Crippen molar-refractivity contribution in [2.24, 2.45) is 5.92 Å². The zero-order chi connectivity index (χ0) is 7.56. The lowest BCUT2D eigenvalue weighted by Crippen LogP contribution is -2.15. The van der Waals surface area contributed by atoms with Gasteiger partial charge in [0.2, 0.25) is 0 Å². The number of alkyl halides is 2. The molecule has 0 N–H and O–H groups in total.